The molecule has 0 bridgehead atoms. The molecular formula is C23H22FNO2. The molecule has 0 radical (unpaired) electrons. The second-order valence-corrected chi connectivity index (χ2v) is 6.41. The normalized spacial score (nSPS) is 11.9. The van der Waals surface area contributed by atoms with Crippen LogP contribution < -0.4 is 0 Å². The molecule has 3 aromatic rings. The van der Waals surface area contributed by atoms with Crippen LogP contribution in [0.15, 0.2) is 72.9 Å². The highest BCUT2D eigenvalue weighted by Crippen LogP contribution is 2.14. The number of halogens is 1. The van der Waals surface area contributed by atoms with Crippen molar-refractivity contribution in [1.29, 1.82) is 0 Å². The zero-order valence-corrected chi connectivity index (χ0v) is 15.3. The Hall–Kier alpha value is -2.85. The van der Waals surface area contributed by atoms with Crippen LogP contribution in [-0.4, -0.2) is 16.9 Å². The molecule has 0 aliphatic heterocycles. The van der Waals surface area contributed by atoms with E-state index >= 15 is 0 Å². The van der Waals surface area contributed by atoms with Gasteiger partial charge in [0.25, 0.3) is 0 Å². The van der Waals surface area contributed by atoms with E-state index in [1.807, 2.05) is 43.3 Å². The van der Waals surface area contributed by atoms with Crippen molar-refractivity contribution in [3.05, 3.63) is 101 Å². The molecule has 0 aliphatic carbocycles. The van der Waals surface area contributed by atoms with Gasteiger partial charge in [-0.25, -0.2) is 4.39 Å². The fourth-order valence-electron chi connectivity index (χ4n) is 2.83. The number of hydrogen-bond donors (Lipinski definition) is 0. The fourth-order valence-corrected chi connectivity index (χ4v) is 2.83. The summed E-state index contributed by atoms with van der Waals surface area (Å²) in [7, 11) is 0. The lowest BCUT2D eigenvalue weighted by Crippen LogP contribution is -2.24. The fraction of sp³-hybridized carbons (Fsp3) is 0.217. The van der Waals surface area contributed by atoms with Crippen LogP contribution in [0.3, 0.4) is 0 Å². The topological polar surface area (TPSA) is 39.2 Å². The van der Waals surface area contributed by atoms with E-state index in [0.29, 0.717) is 25.1 Å². The molecule has 1 unspecified atom stereocenters. The highest BCUT2D eigenvalue weighted by atomic mass is 19.1. The lowest BCUT2D eigenvalue weighted by Gasteiger charge is -2.15. The number of carbonyl (C=O) groups is 1. The molecule has 0 N–H and O–H groups in total. The molecule has 0 amide bonds. The first-order chi connectivity index (χ1) is 13.2. The minimum atomic E-state index is -0.513. The highest BCUT2D eigenvalue weighted by Gasteiger charge is 2.20. The SMILES string of the molecule is CCC(OCc1ccccc1)C(=O)c1ccc(Cc2ccc(F)cc2)cn1. The van der Waals surface area contributed by atoms with Crippen molar-refractivity contribution in [2.45, 2.75) is 32.5 Å². The van der Waals surface area contributed by atoms with Crippen LogP contribution in [0.5, 0.6) is 0 Å². The summed E-state index contributed by atoms with van der Waals surface area (Å²) in [6.07, 6.45) is 2.41. The number of pyridine rings is 1. The van der Waals surface area contributed by atoms with Crippen molar-refractivity contribution in [1.82, 2.24) is 4.98 Å². The minimum absolute atomic E-state index is 0.109. The third-order valence-corrected chi connectivity index (χ3v) is 4.36. The van der Waals surface area contributed by atoms with Gasteiger partial charge in [-0.3, -0.25) is 9.78 Å². The number of carbonyl (C=O) groups excluding carboxylic acids is 1. The Morgan fingerprint density at radius 1 is 0.963 bits per heavy atom. The van der Waals surface area contributed by atoms with Crippen LogP contribution >= 0.6 is 0 Å². The average Bonchev–Trinajstić information content (AvgIpc) is 2.71. The largest absolute Gasteiger partial charge is 0.365 e. The van der Waals surface area contributed by atoms with Crippen LogP contribution in [0.25, 0.3) is 0 Å². The molecule has 1 aromatic heterocycles. The molecule has 1 atom stereocenters. The van der Waals surface area contributed by atoms with Gasteiger partial charge in [0.15, 0.2) is 0 Å². The summed E-state index contributed by atoms with van der Waals surface area (Å²) < 4.78 is 18.8. The third-order valence-electron chi connectivity index (χ3n) is 4.36. The lowest BCUT2D eigenvalue weighted by atomic mass is 10.0. The van der Waals surface area contributed by atoms with Gasteiger partial charge in [0.2, 0.25) is 5.78 Å². The molecule has 3 nitrogen and oxygen atoms in total. The molecule has 0 spiro atoms. The Kier molecular flexibility index (Phi) is 6.44. The number of ketones is 1. The van der Waals surface area contributed by atoms with Gasteiger partial charge >= 0.3 is 0 Å². The summed E-state index contributed by atoms with van der Waals surface area (Å²) in [6, 6.07) is 19.8. The Labute approximate surface area is 158 Å². The third kappa shape index (κ3) is 5.31. The van der Waals surface area contributed by atoms with Gasteiger partial charge < -0.3 is 4.74 Å². The second-order valence-electron chi connectivity index (χ2n) is 6.41. The molecular weight excluding hydrogens is 341 g/mol. The highest BCUT2D eigenvalue weighted by molar-refractivity contribution is 5.97. The Bertz CT molecular complexity index is 861. The van der Waals surface area contributed by atoms with Gasteiger partial charge in [-0.1, -0.05) is 55.5 Å². The monoisotopic (exact) mass is 363 g/mol. The second kappa shape index (κ2) is 9.19. The van der Waals surface area contributed by atoms with E-state index in [9.17, 15) is 9.18 Å². The molecule has 138 valence electrons. The van der Waals surface area contributed by atoms with Crippen LogP contribution in [0.2, 0.25) is 0 Å². The number of benzene rings is 2. The van der Waals surface area contributed by atoms with Crippen LogP contribution in [0, 0.1) is 5.82 Å². The summed E-state index contributed by atoms with van der Waals surface area (Å²) in [5.41, 5.74) is 3.40. The number of ether oxygens (including phenoxy) is 1. The van der Waals surface area contributed by atoms with E-state index in [-0.39, 0.29) is 11.6 Å². The first kappa shape index (κ1) is 18.9. The Morgan fingerprint density at radius 2 is 1.67 bits per heavy atom. The minimum Gasteiger partial charge on any atom is -0.365 e. The van der Waals surface area contributed by atoms with Gasteiger partial charge in [-0.2, -0.15) is 0 Å². The molecule has 0 saturated heterocycles. The van der Waals surface area contributed by atoms with E-state index in [4.69, 9.17) is 4.74 Å². The molecule has 4 heteroatoms. The predicted octanol–water partition coefficient (Wildman–Crippen LogP) is 4.99. The summed E-state index contributed by atoms with van der Waals surface area (Å²) in [5.74, 6) is -0.360. The van der Waals surface area contributed by atoms with Crippen molar-refractivity contribution in [3.63, 3.8) is 0 Å². The van der Waals surface area contributed by atoms with Gasteiger partial charge in [0.1, 0.15) is 17.6 Å². The van der Waals surface area contributed by atoms with E-state index < -0.39 is 6.10 Å². The number of aromatic nitrogens is 1. The lowest BCUT2D eigenvalue weighted by molar-refractivity contribution is 0.0322. The molecule has 0 aliphatic rings. The van der Waals surface area contributed by atoms with Crippen molar-refractivity contribution in [2.75, 3.05) is 0 Å². The van der Waals surface area contributed by atoms with Crippen molar-refractivity contribution in [2.24, 2.45) is 0 Å². The molecule has 1 heterocycles. The molecule has 27 heavy (non-hydrogen) atoms. The number of rotatable bonds is 8. The quantitative estimate of drug-likeness (QED) is 0.529. The first-order valence-corrected chi connectivity index (χ1v) is 9.05. The number of Topliss-reactive ketones (excluding diaryl/α,β-unsaturated/α-hetero) is 1. The van der Waals surface area contributed by atoms with E-state index in [1.165, 1.54) is 12.1 Å². The maximum absolute atomic E-state index is 13.0. The van der Waals surface area contributed by atoms with Crippen molar-refractivity contribution < 1.29 is 13.9 Å². The Balaban J connectivity index is 1.62. The van der Waals surface area contributed by atoms with Gasteiger partial charge in [0.05, 0.1) is 6.61 Å². The van der Waals surface area contributed by atoms with Gasteiger partial charge in [0, 0.05) is 6.20 Å². The maximum atomic E-state index is 13.0. The predicted molar refractivity (Wildman–Crippen MR) is 103 cm³/mol. The Morgan fingerprint density at radius 3 is 2.30 bits per heavy atom. The average molecular weight is 363 g/mol. The summed E-state index contributed by atoms with van der Waals surface area (Å²) in [4.78, 5) is 17.0. The van der Waals surface area contributed by atoms with Crippen molar-refractivity contribution in [3.8, 4) is 0 Å². The summed E-state index contributed by atoms with van der Waals surface area (Å²) >= 11 is 0. The molecule has 2 aromatic carbocycles. The summed E-state index contributed by atoms with van der Waals surface area (Å²) in [6.45, 7) is 2.32. The van der Waals surface area contributed by atoms with Crippen LogP contribution in [0.1, 0.15) is 40.5 Å². The molecule has 0 fully saturated rings. The first-order valence-electron chi connectivity index (χ1n) is 9.05. The maximum Gasteiger partial charge on any atom is 0.209 e. The standard InChI is InChI=1S/C23H22FNO2/c1-2-22(27-16-18-6-4-3-5-7-18)23(26)21-13-10-19(15-25-21)14-17-8-11-20(24)12-9-17/h3-13,15,22H,2,14,16H2,1H3. The van der Waals surface area contributed by atoms with Crippen LogP contribution in [0.4, 0.5) is 4.39 Å². The zero-order chi connectivity index (χ0) is 19.1. The van der Waals surface area contributed by atoms with E-state index in [1.54, 1.807) is 24.4 Å². The van der Waals surface area contributed by atoms with Gasteiger partial charge in [-0.15, -0.1) is 0 Å². The van der Waals surface area contributed by atoms with E-state index in [0.717, 1.165) is 16.7 Å². The van der Waals surface area contributed by atoms with Crippen LogP contribution in [-0.2, 0) is 17.8 Å². The smallest absolute Gasteiger partial charge is 0.209 e. The number of hydrogen-bond acceptors (Lipinski definition) is 3. The molecule has 3 rings (SSSR count). The van der Waals surface area contributed by atoms with E-state index in [2.05, 4.69) is 4.98 Å². The van der Waals surface area contributed by atoms with Gasteiger partial charge in [-0.05, 0) is 47.7 Å². The van der Waals surface area contributed by atoms with Crippen molar-refractivity contribution >= 4 is 5.78 Å². The number of nitrogens with zero attached hydrogens (tertiary/aromatic N) is 1. The molecule has 0 saturated carbocycles. The zero-order valence-electron chi connectivity index (χ0n) is 15.3. The summed E-state index contributed by atoms with van der Waals surface area (Å²) in [5, 5.41) is 0.